The van der Waals surface area contributed by atoms with E-state index in [-0.39, 0.29) is 22.4 Å². The number of imidazole rings is 4. The molecular formula is C64H64F12N12O4. The third-order valence-electron chi connectivity index (χ3n) is 22.3. The third-order valence-corrected chi connectivity index (χ3v) is 22.3. The zero-order valence-corrected chi connectivity index (χ0v) is 49.7. The molecule has 12 saturated heterocycles. The summed E-state index contributed by atoms with van der Waals surface area (Å²) in [7, 11) is 0. The van der Waals surface area contributed by atoms with Gasteiger partial charge in [-0.2, -0.15) is 72.6 Å². The van der Waals surface area contributed by atoms with Crippen LogP contribution in [-0.4, -0.2) is 159 Å². The predicted octanol–water partition coefficient (Wildman–Crippen LogP) is 11.6. The molecule has 488 valence electrons. The van der Waals surface area contributed by atoms with Gasteiger partial charge in [-0.25, -0.2) is 0 Å². The molecule has 0 radical (unpaired) electrons. The maximum Gasteiger partial charge on any atom is 0.416 e. The lowest BCUT2D eigenvalue weighted by molar-refractivity contribution is -0.138. The van der Waals surface area contributed by atoms with Gasteiger partial charge in [0.15, 0.2) is 0 Å². The van der Waals surface area contributed by atoms with Crippen LogP contribution in [0.15, 0.2) is 72.8 Å². The molecule has 0 N–H and O–H groups in total. The highest BCUT2D eigenvalue weighted by Gasteiger charge is 2.57. The van der Waals surface area contributed by atoms with Gasteiger partial charge < -0.3 is 18.9 Å². The van der Waals surface area contributed by atoms with Crippen LogP contribution in [0.25, 0.3) is 44.1 Å². The molecule has 4 atom stereocenters. The fraction of sp³-hybridized carbons (Fsp3) is 0.562. The third kappa shape index (κ3) is 9.60. The number of ether oxygens (including phenoxy) is 4. The maximum absolute atomic E-state index is 13.0. The van der Waals surface area contributed by atoms with E-state index >= 15 is 0 Å². The van der Waals surface area contributed by atoms with Gasteiger partial charge in [-0.05, 0) is 177 Å². The summed E-state index contributed by atoms with van der Waals surface area (Å²) in [5, 5.41) is 0. The summed E-state index contributed by atoms with van der Waals surface area (Å²) in [5.74, 6) is 1.96. The van der Waals surface area contributed by atoms with Crippen molar-refractivity contribution >= 4 is 44.1 Å². The number of alkyl halides is 12. The van der Waals surface area contributed by atoms with Gasteiger partial charge >= 0.3 is 24.7 Å². The second-order valence-corrected chi connectivity index (χ2v) is 27.6. The topological polar surface area (TPSA) is 121 Å². The van der Waals surface area contributed by atoms with Crippen molar-refractivity contribution in [2.24, 2.45) is 23.7 Å². The van der Waals surface area contributed by atoms with E-state index in [1.165, 1.54) is 36.4 Å². The molecule has 24 rings (SSSR count). The van der Waals surface area contributed by atoms with Crippen molar-refractivity contribution in [3.8, 4) is 24.0 Å². The van der Waals surface area contributed by atoms with E-state index in [0.717, 1.165) is 177 Å². The van der Waals surface area contributed by atoms with Crippen molar-refractivity contribution in [2.45, 2.75) is 125 Å². The second kappa shape index (κ2) is 20.2. The van der Waals surface area contributed by atoms with Crippen LogP contribution in [0.3, 0.4) is 0 Å². The Morgan fingerprint density at radius 3 is 0.783 bits per heavy atom. The summed E-state index contributed by atoms with van der Waals surface area (Å²) >= 11 is 0. The Labute approximate surface area is 517 Å². The van der Waals surface area contributed by atoms with E-state index in [1.54, 1.807) is 0 Å². The van der Waals surface area contributed by atoms with Gasteiger partial charge in [0, 0.05) is 49.9 Å². The number of halogens is 12. The van der Waals surface area contributed by atoms with Crippen LogP contribution in [0.2, 0.25) is 0 Å². The molecule has 4 aromatic carbocycles. The number of hydrogen-bond acceptors (Lipinski definition) is 12. The standard InChI is InChI=1S/4C16H16F3N3O/c2*17-16(18,19)11-1-2-13-12(7-11)20-14-22(13)9-15(23-14)8-21-5-3-10(15)4-6-21;2*17-16(18,19)11-1-2-12-13(7-11)22-9-15(23-14(22)20-12)8-21-5-3-10(15)4-6-21/h4*1-2,7,10H,3-6,8-9H2/t4*15-/m1010/s1. The molecule has 4 spiro atoms. The van der Waals surface area contributed by atoms with Gasteiger partial charge in [0.05, 0.1) is 92.6 Å². The van der Waals surface area contributed by atoms with Crippen molar-refractivity contribution in [3.63, 3.8) is 0 Å². The average molecular weight is 1290 g/mol. The fourth-order valence-corrected chi connectivity index (χ4v) is 17.6. The Kier molecular flexibility index (Phi) is 12.9. The molecule has 16 aliphatic heterocycles. The highest BCUT2D eigenvalue weighted by molar-refractivity contribution is 5.81. The van der Waals surface area contributed by atoms with Crippen molar-refractivity contribution in [2.75, 3.05) is 78.5 Å². The number of fused-ring (bicyclic) bond motifs is 20. The molecule has 0 saturated carbocycles. The first kappa shape index (κ1) is 58.8. The molecule has 8 aromatic rings. The summed E-state index contributed by atoms with van der Waals surface area (Å²) < 4.78 is 187. The number of piperidine rings is 12. The highest BCUT2D eigenvalue weighted by atomic mass is 19.4. The Hall–Kier alpha value is -7.04. The molecule has 16 nitrogen and oxygen atoms in total. The molecule has 0 amide bonds. The largest absolute Gasteiger partial charge is 0.454 e. The number of nitrogens with zero attached hydrogens (tertiary/aromatic N) is 12. The van der Waals surface area contributed by atoms with Gasteiger partial charge in [0.1, 0.15) is 22.4 Å². The van der Waals surface area contributed by atoms with Gasteiger partial charge in [-0.15, -0.1) is 0 Å². The zero-order valence-electron chi connectivity index (χ0n) is 49.7. The first-order valence-electron chi connectivity index (χ1n) is 31.7. The Balaban J connectivity index is 0.0000000939. The smallest absolute Gasteiger partial charge is 0.416 e. The average Bonchev–Trinajstić information content (AvgIpc) is 1.53. The number of benzene rings is 4. The zero-order chi connectivity index (χ0) is 63.3. The van der Waals surface area contributed by atoms with E-state index in [9.17, 15) is 52.7 Å². The molecule has 20 heterocycles. The minimum absolute atomic E-state index is 0.240. The summed E-state index contributed by atoms with van der Waals surface area (Å²) in [6.07, 6.45) is -8.50. The maximum atomic E-state index is 13.0. The Bertz CT molecular complexity index is 3970. The normalized spacial score (nSPS) is 32.5. The van der Waals surface area contributed by atoms with E-state index in [0.29, 0.717) is 107 Å². The first-order chi connectivity index (χ1) is 43.8. The first-order valence-corrected chi connectivity index (χ1v) is 31.7. The van der Waals surface area contributed by atoms with E-state index < -0.39 is 47.0 Å². The van der Waals surface area contributed by atoms with Crippen LogP contribution in [0.1, 0.15) is 73.6 Å². The summed E-state index contributed by atoms with van der Waals surface area (Å²) in [6, 6.07) is 16.7. The van der Waals surface area contributed by atoms with Gasteiger partial charge in [0.2, 0.25) is 0 Å². The van der Waals surface area contributed by atoms with Crippen LogP contribution < -0.4 is 18.9 Å². The van der Waals surface area contributed by atoms with E-state index in [1.807, 2.05) is 18.3 Å². The lowest BCUT2D eigenvalue weighted by atomic mass is 9.75. The molecule has 12 fully saturated rings. The summed E-state index contributed by atoms with van der Waals surface area (Å²) in [4.78, 5) is 27.0. The molecule has 28 heteroatoms. The van der Waals surface area contributed by atoms with Gasteiger partial charge in [-0.3, -0.25) is 37.9 Å². The Morgan fingerprint density at radius 1 is 0.293 bits per heavy atom. The summed E-state index contributed by atoms with van der Waals surface area (Å²) in [6.45, 7) is 14.9. The van der Waals surface area contributed by atoms with Crippen LogP contribution >= 0.6 is 0 Å². The molecule has 0 aliphatic carbocycles. The minimum Gasteiger partial charge on any atom is -0.454 e. The van der Waals surface area contributed by atoms with Crippen LogP contribution in [0, 0.1) is 23.7 Å². The molecular weight excluding hydrogens is 1230 g/mol. The lowest BCUT2D eigenvalue weighted by Crippen LogP contribution is -2.61. The van der Waals surface area contributed by atoms with Crippen LogP contribution in [-0.2, 0) is 50.9 Å². The second-order valence-electron chi connectivity index (χ2n) is 27.6. The molecule has 92 heavy (non-hydrogen) atoms. The van der Waals surface area contributed by atoms with Crippen molar-refractivity contribution < 1.29 is 71.6 Å². The minimum atomic E-state index is -4.35. The van der Waals surface area contributed by atoms with E-state index in [2.05, 4.69) is 39.5 Å². The molecule has 8 bridgehead atoms. The number of aromatic nitrogens is 8. The monoisotopic (exact) mass is 1290 g/mol. The van der Waals surface area contributed by atoms with Gasteiger partial charge in [-0.1, -0.05) is 0 Å². The molecule has 0 unspecified atom stereocenters. The van der Waals surface area contributed by atoms with Crippen LogP contribution in [0.4, 0.5) is 52.7 Å². The van der Waals surface area contributed by atoms with E-state index in [4.69, 9.17) is 18.9 Å². The van der Waals surface area contributed by atoms with Crippen molar-refractivity contribution in [3.05, 3.63) is 95.1 Å². The van der Waals surface area contributed by atoms with Gasteiger partial charge in [0.25, 0.3) is 24.0 Å². The number of rotatable bonds is 0. The fourth-order valence-electron chi connectivity index (χ4n) is 17.6. The lowest BCUT2D eigenvalue weighted by Gasteiger charge is -2.50. The quantitative estimate of drug-likeness (QED) is 0.134. The highest BCUT2D eigenvalue weighted by Crippen LogP contribution is 2.51. The molecule has 16 aliphatic rings. The predicted molar refractivity (Wildman–Crippen MR) is 309 cm³/mol. The van der Waals surface area contributed by atoms with Crippen molar-refractivity contribution in [1.29, 1.82) is 0 Å². The van der Waals surface area contributed by atoms with Crippen LogP contribution in [0.5, 0.6) is 24.0 Å². The SMILES string of the molecule is FC(F)(F)c1ccc2c(c1)nc1n2C[C@@]2(CN3CCC2CC3)O1.FC(F)(F)c1ccc2c(c1)nc1n2C[C@]2(CN3CCC2CC3)O1.FC(F)(F)c1ccc2nc3n(c2c1)C[C@@]1(CN2CCC1CC2)O3.FC(F)(F)c1ccc2nc3n(c2c1)C[C@]1(CN2CCC1CC2)O3. The summed E-state index contributed by atoms with van der Waals surface area (Å²) in [5.41, 5.74) is 0.608. The van der Waals surface area contributed by atoms with Crippen molar-refractivity contribution in [1.82, 2.24) is 57.8 Å². The molecule has 4 aromatic heterocycles. The Morgan fingerprint density at radius 2 is 0.533 bits per heavy atom. The number of hydrogen-bond donors (Lipinski definition) is 0.